The third-order valence-electron chi connectivity index (χ3n) is 2.69. The first-order valence-electron chi connectivity index (χ1n) is 6.92. The Bertz CT molecular complexity index is 452. The maximum atomic E-state index is 11.5. The summed E-state index contributed by atoms with van der Waals surface area (Å²) in [6, 6.07) is 1.70. The highest BCUT2D eigenvalue weighted by atomic mass is 16.5. The molecule has 8 nitrogen and oxygen atoms in total. The number of carbonyl (C=O) groups excluding carboxylic acids is 1. The highest BCUT2D eigenvalue weighted by Gasteiger charge is 2.08. The Morgan fingerprint density at radius 1 is 1.33 bits per heavy atom. The maximum absolute atomic E-state index is 11.5. The average molecular weight is 296 g/mol. The van der Waals surface area contributed by atoms with Gasteiger partial charge in [-0.15, -0.1) is 0 Å². The predicted molar refractivity (Wildman–Crippen MR) is 81.9 cm³/mol. The van der Waals surface area contributed by atoms with E-state index in [1.807, 2.05) is 13.8 Å². The van der Waals surface area contributed by atoms with Gasteiger partial charge in [-0.25, -0.2) is 15.8 Å². The number of hydrogen-bond acceptors (Lipinski definition) is 7. The van der Waals surface area contributed by atoms with E-state index in [0.29, 0.717) is 43.6 Å². The van der Waals surface area contributed by atoms with Crippen LogP contribution in [-0.4, -0.2) is 42.7 Å². The van der Waals surface area contributed by atoms with Gasteiger partial charge in [0.2, 0.25) is 5.91 Å². The van der Waals surface area contributed by atoms with Gasteiger partial charge in [0.15, 0.2) is 0 Å². The third-order valence-corrected chi connectivity index (χ3v) is 2.69. The number of hydrazine groups is 1. The highest BCUT2D eigenvalue weighted by Crippen LogP contribution is 2.16. The molecule has 1 amide bonds. The number of ether oxygens (including phenoxy) is 1. The second-order valence-corrected chi connectivity index (χ2v) is 4.82. The van der Waals surface area contributed by atoms with Crippen molar-refractivity contribution in [1.82, 2.24) is 15.3 Å². The normalized spacial score (nSPS) is 10.5. The first-order valence-corrected chi connectivity index (χ1v) is 6.92. The second kappa shape index (κ2) is 9.09. The van der Waals surface area contributed by atoms with Gasteiger partial charge in [-0.2, -0.15) is 0 Å². The molecule has 0 bridgehead atoms. The number of nitrogens with zero attached hydrogens (tertiary/aromatic N) is 2. The molecule has 0 aromatic carbocycles. The van der Waals surface area contributed by atoms with E-state index < -0.39 is 0 Å². The lowest BCUT2D eigenvalue weighted by molar-refractivity contribution is -0.121. The number of methoxy groups -OCH3 is 1. The largest absolute Gasteiger partial charge is 0.383 e. The molecule has 0 aliphatic rings. The zero-order valence-electron chi connectivity index (χ0n) is 12.8. The average Bonchev–Trinajstić information content (AvgIpc) is 2.47. The molecule has 118 valence electrons. The summed E-state index contributed by atoms with van der Waals surface area (Å²) >= 11 is 0. The van der Waals surface area contributed by atoms with Crippen molar-refractivity contribution in [3.05, 3.63) is 11.9 Å². The van der Waals surface area contributed by atoms with Gasteiger partial charge in [0.05, 0.1) is 6.61 Å². The van der Waals surface area contributed by atoms with E-state index in [1.54, 1.807) is 13.2 Å². The first kappa shape index (κ1) is 17.1. The zero-order valence-corrected chi connectivity index (χ0v) is 12.8. The van der Waals surface area contributed by atoms with Crippen LogP contribution in [0.25, 0.3) is 0 Å². The van der Waals surface area contributed by atoms with Crippen molar-refractivity contribution in [1.29, 1.82) is 0 Å². The number of carbonyl (C=O) groups is 1. The number of nitrogens with one attached hydrogen (secondary N) is 3. The van der Waals surface area contributed by atoms with Gasteiger partial charge in [0.1, 0.15) is 17.5 Å². The van der Waals surface area contributed by atoms with Gasteiger partial charge in [0, 0.05) is 38.6 Å². The Morgan fingerprint density at radius 3 is 2.67 bits per heavy atom. The number of rotatable bonds is 9. The van der Waals surface area contributed by atoms with E-state index in [9.17, 15) is 4.79 Å². The van der Waals surface area contributed by atoms with E-state index in [0.717, 1.165) is 0 Å². The highest BCUT2D eigenvalue weighted by molar-refractivity contribution is 5.76. The molecule has 1 aromatic rings. The Hall–Kier alpha value is -1.93. The van der Waals surface area contributed by atoms with E-state index in [-0.39, 0.29) is 11.8 Å². The van der Waals surface area contributed by atoms with Crippen LogP contribution in [0.3, 0.4) is 0 Å². The van der Waals surface area contributed by atoms with Crippen molar-refractivity contribution >= 4 is 17.5 Å². The molecule has 0 aliphatic carbocycles. The molecule has 1 rings (SSSR count). The summed E-state index contributed by atoms with van der Waals surface area (Å²) in [5, 5.41) is 5.85. The summed E-state index contributed by atoms with van der Waals surface area (Å²) in [6.07, 6.45) is 0.357. The molecule has 0 aliphatic heterocycles. The molecule has 21 heavy (non-hydrogen) atoms. The van der Waals surface area contributed by atoms with Gasteiger partial charge in [-0.1, -0.05) is 13.8 Å². The lowest BCUT2D eigenvalue weighted by Gasteiger charge is -2.11. The smallest absolute Gasteiger partial charge is 0.221 e. The Balaban J connectivity index is 2.47. The summed E-state index contributed by atoms with van der Waals surface area (Å²) in [7, 11) is 1.60. The first-order chi connectivity index (χ1) is 10.1. The Labute approximate surface area is 124 Å². The SMILES string of the molecule is COCCNC(=O)CCNc1cc(NN)nc(C(C)C)n1. The lowest BCUT2D eigenvalue weighted by atomic mass is 10.2. The molecule has 0 spiro atoms. The fourth-order valence-electron chi connectivity index (χ4n) is 1.57. The number of hydrogen-bond donors (Lipinski definition) is 4. The molecule has 1 aromatic heterocycles. The van der Waals surface area contributed by atoms with Crippen LogP contribution in [0.4, 0.5) is 11.6 Å². The number of nitrogens with two attached hydrogens (primary N) is 1. The van der Waals surface area contributed by atoms with E-state index in [4.69, 9.17) is 10.6 Å². The van der Waals surface area contributed by atoms with E-state index in [1.165, 1.54) is 0 Å². The second-order valence-electron chi connectivity index (χ2n) is 4.82. The minimum absolute atomic E-state index is 0.0325. The zero-order chi connectivity index (χ0) is 15.7. The number of anilines is 2. The number of aromatic nitrogens is 2. The van der Waals surface area contributed by atoms with Crippen LogP contribution >= 0.6 is 0 Å². The summed E-state index contributed by atoms with van der Waals surface area (Å²) in [6.45, 7) is 5.51. The van der Waals surface area contributed by atoms with Crippen molar-refractivity contribution in [3.63, 3.8) is 0 Å². The predicted octanol–water partition coefficient (Wildman–Crippen LogP) is 0.450. The van der Waals surface area contributed by atoms with Gasteiger partial charge < -0.3 is 20.8 Å². The van der Waals surface area contributed by atoms with Crippen molar-refractivity contribution in [2.45, 2.75) is 26.2 Å². The van der Waals surface area contributed by atoms with Crippen LogP contribution in [0.5, 0.6) is 0 Å². The Kier molecular flexibility index (Phi) is 7.41. The fourth-order valence-corrected chi connectivity index (χ4v) is 1.57. The van der Waals surface area contributed by atoms with Gasteiger partial charge in [-0.3, -0.25) is 4.79 Å². The van der Waals surface area contributed by atoms with Crippen molar-refractivity contribution in [2.24, 2.45) is 5.84 Å². The topological polar surface area (TPSA) is 114 Å². The molecule has 0 fully saturated rings. The molecule has 0 saturated heterocycles. The molecule has 0 radical (unpaired) electrons. The molecule has 0 atom stereocenters. The molecular weight excluding hydrogens is 272 g/mol. The van der Waals surface area contributed by atoms with Crippen LogP contribution in [0.1, 0.15) is 32.0 Å². The summed E-state index contributed by atoms with van der Waals surface area (Å²) in [5.41, 5.74) is 2.51. The van der Waals surface area contributed by atoms with Crippen LogP contribution in [0.15, 0.2) is 6.07 Å². The standard InChI is InChI=1S/C13H24N6O2/c1-9(2)13-17-10(8-11(18-13)19-14)15-5-4-12(20)16-6-7-21-3/h8-9H,4-7,14H2,1-3H3,(H,16,20)(H2,15,17,18,19). The van der Waals surface area contributed by atoms with Gasteiger partial charge >= 0.3 is 0 Å². The van der Waals surface area contributed by atoms with Crippen LogP contribution in [0, 0.1) is 0 Å². The van der Waals surface area contributed by atoms with E-state index >= 15 is 0 Å². The van der Waals surface area contributed by atoms with Crippen molar-refractivity contribution < 1.29 is 9.53 Å². The molecule has 1 heterocycles. The molecular formula is C13H24N6O2. The molecule has 0 unspecified atom stereocenters. The minimum atomic E-state index is -0.0325. The van der Waals surface area contributed by atoms with Crippen LogP contribution in [0.2, 0.25) is 0 Å². The monoisotopic (exact) mass is 296 g/mol. The quantitative estimate of drug-likeness (QED) is 0.297. The number of amides is 1. The summed E-state index contributed by atoms with van der Waals surface area (Å²) in [5.74, 6) is 7.43. The fraction of sp³-hybridized carbons (Fsp3) is 0.615. The molecule has 5 N–H and O–H groups in total. The van der Waals surface area contributed by atoms with Crippen LogP contribution in [-0.2, 0) is 9.53 Å². The number of nitrogen functional groups attached to an aromatic ring is 1. The summed E-state index contributed by atoms with van der Waals surface area (Å²) < 4.78 is 4.86. The molecule has 0 saturated carbocycles. The van der Waals surface area contributed by atoms with Gasteiger partial charge in [-0.05, 0) is 0 Å². The summed E-state index contributed by atoms with van der Waals surface area (Å²) in [4.78, 5) is 20.2. The molecule has 8 heteroatoms. The minimum Gasteiger partial charge on any atom is -0.383 e. The van der Waals surface area contributed by atoms with E-state index in [2.05, 4.69) is 26.0 Å². The lowest BCUT2D eigenvalue weighted by Crippen LogP contribution is -2.28. The van der Waals surface area contributed by atoms with Crippen LogP contribution < -0.4 is 21.9 Å². The Morgan fingerprint density at radius 2 is 2.05 bits per heavy atom. The maximum Gasteiger partial charge on any atom is 0.221 e. The van der Waals surface area contributed by atoms with Gasteiger partial charge in [0.25, 0.3) is 0 Å². The third kappa shape index (κ3) is 6.37. The van der Waals surface area contributed by atoms with Crippen molar-refractivity contribution in [2.75, 3.05) is 37.5 Å². The van der Waals surface area contributed by atoms with Crippen molar-refractivity contribution in [3.8, 4) is 0 Å².